The summed E-state index contributed by atoms with van der Waals surface area (Å²) in [4.78, 5) is 0. The van der Waals surface area contributed by atoms with Gasteiger partial charge in [-0.15, -0.1) is 0 Å². The molecular formula is C15H25N3O2S. The fraction of sp³-hybridized carbons (Fsp3) is 0.600. The van der Waals surface area contributed by atoms with Crippen LogP contribution in [0.1, 0.15) is 26.3 Å². The summed E-state index contributed by atoms with van der Waals surface area (Å²) in [7, 11) is -3.43. The van der Waals surface area contributed by atoms with E-state index in [1.54, 1.807) is 8.61 Å². The van der Waals surface area contributed by atoms with Crippen LogP contribution in [0.25, 0.3) is 0 Å². The van der Waals surface area contributed by atoms with Gasteiger partial charge in [0, 0.05) is 38.3 Å². The molecular weight excluding hydrogens is 286 g/mol. The van der Waals surface area contributed by atoms with Gasteiger partial charge in [-0.1, -0.05) is 37.3 Å². The van der Waals surface area contributed by atoms with Crippen molar-refractivity contribution in [2.45, 2.75) is 39.4 Å². The summed E-state index contributed by atoms with van der Waals surface area (Å²) in [5.41, 5.74) is 1.01. The maximum atomic E-state index is 12.9. The number of benzene rings is 1. The second-order valence-corrected chi connectivity index (χ2v) is 7.39. The Morgan fingerprint density at radius 3 is 2.57 bits per heavy atom. The lowest BCUT2D eigenvalue weighted by Crippen LogP contribution is -2.59. The molecule has 0 bridgehead atoms. The lowest BCUT2D eigenvalue weighted by atomic mass is 10.1. The summed E-state index contributed by atoms with van der Waals surface area (Å²) in [6, 6.07) is 9.87. The molecule has 0 aliphatic carbocycles. The average molecular weight is 311 g/mol. The first-order chi connectivity index (χ1) is 9.96. The van der Waals surface area contributed by atoms with E-state index in [1.807, 2.05) is 51.1 Å². The third kappa shape index (κ3) is 3.63. The second-order valence-electron chi connectivity index (χ2n) is 5.51. The van der Waals surface area contributed by atoms with Crippen LogP contribution in [0.3, 0.4) is 0 Å². The maximum absolute atomic E-state index is 12.9. The molecule has 1 fully saturated rings. The SMILES string of the molecule is CCN(Cc1ccccc1)S(=O)(=O)N1CCNC(C)C1C. The van der Waals surface area contributed by atoms with Crippen molar-refractivity contribution >= 4 is 10.2 Å². The van der Waals surface area contributed by atoms with Gasteiger partial charge in [0.2, 0.25) is 0 Å². The highest BCUT2D eigenvalue weighted by Crippen LogP contribution is 2.19. The van der Waals surface area contributed by atoms with Crippen molar-refractivity contribution in [2.75, 3.05) is 19.6 Å². The summed E-state index contributed by atoms with van der Waals surface area (Å²) in [6.07, 6.45) is 0. The number of rotatable bonds is 5. The Balaban J connectivity index is 2.19. The molecule has 1 aliphatic rings. The summed E-state index contributed by atoms with van der Waals surface area (Å²) in [6.45, 7) is 8.00. The normalized spacial score (nSPS) is 24.4. The Morgan fingerprint density at radius 1 is 1.29 bits per heavy atom. The number of nitrogens with one attached hydrogen (secondary N) is 1. The Labute approximate surface area is 128 Å². The second kappa shape index (κ2) is 6.87. The molecule has 2 rings (SSSR count). The zero-order valence-electron chi connectivity index (χ0n) is 13.0. The average Bonchev–Trinajstić information content (AvgIpc) is 2.48. The molecule has 5 nitrogen and oxygen atoms in total. The summed E-state index contributed by atoms with van der Waals surface area (Å²) in [5, 5.41) is 3.32. The third-order valence-electron chi connectivity index (χ3n) is 4.15. The molecule has 1 heterocycles. The van der Waals surface area contributed by atoms with Gasteiger partial charge < -0.3 is 5.32 Å². The first kappa shape index (κ1) is 16.4. The molecule has 21 heavy (non-hydrogen) atoms. The highest BCUT2D eigenvalue weighted by molar-refractivity contribution is 7.86. The van der Waals surface area contributed by atoms with Crippen molar-refractivity contribution in [1.29, 1.82) is 0 Å². The largest absolute Gasteiger partial charge is 0.311 e. The molecule has 0 spiro atoms. The van der Waals surface area contributed by atoms with Crippen LogP contribution in [0.2, 0.25) is 0 Å². The number of piperazine rings is 1. The van der Waals surface area contributed by atoms with Gasteiger partial charge in [0.25, 0.3) is 10.2 Å². The van der Waals surface area contributed by atoms with Crippen molar-refractivity contribution in [1.82, 2.24) is 13.9 Å². The van der Waals surface area contributed by atoms with Crippen molar-refractivity contribution < 1.29 is 8.42 Å². The van der Waals surface area contributed by atoms with Crippen LogP contribution in [0.15, 0.2) is 30.3 Å². The molecule has 0 amide bonds. The van der Waals surface area contributed by atoms with Gasteiger partial charge in [-0.3, -0.25) is 0 Å². The van der Waals surface area contributed by atoms with Gasteiger partial charge in [-0.25, -0.2) is 0 Å². The monoisotopic (exact) mass is 311 g/mol. The van der Waals surface area contributed by atoms with Crippen LogP contribution in [-0.4, -0.2) is 48.7 Å². The Kier molecular flexibility index (Phi) is 5.37. The van der Waals surface area contributed by atoms with Gasteiger partial charge >= 0.3 is 0 Å². The van der Waals surface area contributed by atoms with E-state index >= 15 is 0 Å². The van der Waals surface area contributed by atoms with Crippen molar-refractivity contribution in [3.05, 3.63) is 35.9 Å². The minimum absolute atomic E-state index is 0.0337. The van der Waals surface area contributed by atoms with E-state index in [0.29, 0.717) is 26.2 Å². The number of hydrogen-bond acceptors (Lipinski definition) is 3. The van der Waals surface area contributed by atoms with E-state index in [-0.39, 0.29) is 12.1 Å². The summed E-state index contributed by atoms with van der Waals surface area (Å²) < 4.78 is 29.0. The van der Waals surface area contributed by atoms with Crippen LogP contribution >= 0.6 is 0 Å². The van der Waals surface area contributed by atoms with E-state index in [1.165, 1.54) is 0 Å². The lowest BCUT2D eigenvalue weighted by molar-refractivity contribution is 0.215. The van der Waals surface area contributed by atoms with Crippen LogP contribution < -0.4 is 5.32 Å². The first-order valence-corrected chi connectivity index (χ1v) is 8.90. The smallest absolute Gasteiger partial charge is 0.282 e. The number of nitrogens with zero attached hydrogens (tertiary/aromatic N) is 2. The van der Waals surface area contributed by atoms with Crippen molar-refractivity contribution in [3.8, 4) is 0 Å². The van der Waals surface area contributed by atoms with Gasteiger partial charge in [0.15, 0.2) is 0 Å². The molecule has 1 N–H and O–H groups in total. The van der Waals surface area contributed by atoms with E-state index in [4.69, 9.17) is 0 Å². The fourth-order valence-corrected chi connectivity index (χ4v) is 4.50. The molecule has 1 aromatic rings. The Bertz CT molecular complexity index is 547. The van der Waals surface area contributed by atoms with E-state index < -0.39 is 10.2 Å². The summed E-state index contributed by atoms with van der Waals surface area (Å²) in [5.74, 6) is 0. The minimum atomic E-state index is -3.43. The number of hydrogen-bond donors (Lipinski definition) is 1. The maximum Gasteiger partial charge on any atom is 0.282 e. The molecule has 1 saturated heterocycles. The van der Waals surface area contributed by atoms with Gasteiger partial charge in [0.1, 0.15) is 0 Å². The zero-order chi connectivity index (χ0) is 15.5. The van der Waals surface area contributed by atoms with Crippen LogP contribution in [0.4, 0.5) is 0 Å². The molecule has 2 atom stereocenters. The molecule has 1 aliphatic heterocycles. The molecule has 6 heteroatoms. The molecule has 0 radical (unpaired) electrons. The van der Waals surface area contributed by atoms with Crippen molar-refractivity contribution in [3.63, 3.8) is 0 Å². The predicted octanol–water partition coefficient (Wildman–Crippen LogP) is 1.44. The molecule has 118 valence electrons. The third-order valence-corrected chi connectivity index (χ3v) is 6.30. The molecule has 0 aromatic heterocycles. The zero-order valence-corrected chi connectivity index (χ0v) is 13.8. The van der Waals surface area contributed by atoms with Crippen LogP contribution in [0, 0.1) is 0 Å². The standard InChI is InChI=1S/C15H25N3O2S/c1-4-17(12-15-8-6-5-7-9-15)21(19,20)18-11-10-16-13(2)14(18)3/h5-9,13-14,16H,4,10-12H2,1-3H3. The quantitative estimate of drug-likeness (QED) is 0.895. The topological polar surface area (TPSA) is 52.7 Å². The minimum Gasteiger partial charge on any atom is -0.311 e. The Morgan fingerprint density at radius 2 is 1.95 bits per heavy atom. The molecule has 0 saturated carbocycles. The fourth-order valence-electron chi connectivity index (χ4n) is 2.64. The van der Waals surface area contributed by atoms with Gasteiger partial charge in [0.05, 0.1) is 0 Å². The summed E-state index contributed by atoms with van der Waals surface area (Å²) >= 11 is 0. The van der Waals surface area contributed by atoms with E-state index in [2.05, 4.69) is 5.32 Å². The Hall–Kier alpha value is -0.950. The van der Waals surface area contributed by atoms with Crippen LogP contribution in [-0.2, 0) is 16.8 Å². The predicted molar refractivity (Wildman–Crippen MR) is 85.1 cm³/mol. The van der Waals surface area contributed by atoms with Crippen molar-refractivity contribution in [2.24, 2.45) is 0 Å². The highest BCUT2D eigenvalue weighted by atomic mass is 32.2. The van der Waals surface area contributed by atoms with E-state index in [0.717, 1.165) is 5.56 Å². The molecule has 1 aromatic carbocycles. The van der Waals surface area contributed by atoms with Gasteiger partial charge in [-0.2, -0.15) is 17.0 Å². The van der Waals surface area contributed by atoms with E-state index in [9.17, 15) is 8.42 Å². The molecule has 2 unspecified atom stereocenters. The highest BCUT2D eigenvalue weighted by Gasteiger charge is 2.36. The first-order valence-electron chi connectivity index (χ1n) is 7.51. The van der Waals surface area contributed by atoms with Gasteiger partial charge in [-0.05, 0) is 19.4 Å². The lowest BCUT2D eigenvalue weighted by Gasteiger charge is -2.40. The van der Waals surface area contributed by atoms with Crippen LogP contribution in [0.5, 0.6) is 0 Å².